The standard InChI is InChI=1S/C11H20N2O6S/c1-8(2)19-11(16)12-20(17,18)13-6-5-9(7-13)3-4-10(14)15/h8-9H,3-7H2,1-2H3,(H,12,16)(H,14,15). The number of aliphatic carboxylic acids is 1. The molecule has 116 valence electrons. The molecular weight excluding hydrogens is 288 g/mol. The molecular formula is C11H20N2O6S. The van der Waals surface area contributed by atoms with Gasteiger partial charge in [-0.2, -0.15) is 12.7 Å². The third kappa shape index (κ3) is 5.33. The first-order valence-corrected chi connectivity index (χ1v) is 7.85. The fourth-order valence-electron chi connectivity index (χ4n) is 1.99. The van der Waals surface area contributed by atoms with E-state index in [1.165, 1.54) is 0 Å². The molecule has 9 heteroatoms. The normalized spacial score (nSPS) is 20.1. The van der Waals surface area contributed by atoms with E-state index in [2.05, 4.69) is 0 Å². The van der Waals surface area contributed by atoms with Crippen LogP contribution in [0.3, 0.4) is 0 Å². The van der Waals surface area contributed by atoms with Gasteiger partial charge in [0.05, 0.1) is 6.10 Å². The Morgan fingerprint density at radius 1 is 1.45 bits per heavy atom. The van der Waals surface area contributed by atoms with Crippen molar-refractivity contribution < 1.29 is 27.9 Å². The molecule has 0 radical (unpaired) electrons. The van der Waals surface area contributed by atoms with E-state index in [0.717, 1.165) is 4.31 Å². The number of carboxylic acid groups (broad SMARTS) is 1. The second-order valence-corrected chi connectivity index (χ2v) is 6.68. The zero-order valence-electron chi connectivity index (χ0n) is 11.5. The predicted octanol–water partition coefficient (Wildman–Crippen LogP) is 0.552. The highest BCUT2D eigenvalue weighted by atomic mass is 32.2. The number of nitrogens with one attached hydrogen (secondary N) is 1. The summed E-state index contributed by atoms with van der Waals surface area (Å²) in [5.74, 6) is -0.895. The highest BCUT2D eigenvalue weighted by molar-refractivity contribution is 7.87. The first-order valence-electron chi connectivity index (χ1n) is 6.41. The van der Waals surface area contributed by atoms with Crippen LogP contribution in [-0.4, -0.2) is 49.1 Å². The maximum atomic E-state index is 11.9. The van der Waals surface area contributed by atoms with E-state index >= 15 is 0 Å². The molecule has 2 N–H and O–H groups in total. The van der Waals surface area contributed by atoms with Gasteiger partial charge in [0.1, 0.15) is 0 Å². The van der Waals surface area contributed by atoms with Crippen LogP contribution in [0.5, 0.6) is 0 Å². The molecule has 0 aromatic heterocycles. The van der Waals surface area contributed by atoms with Crippen LogP contribution in [0.25, 0.3) is 0 Å². The molecule has 20 heavy (non-hydrogen) atoms. The minimum atomic E-state index is -3.91. The number of amides is 1. The average Bonchev–Trinajstić information content (AvgIpc) is 2.73. The Balaban J connectivity index is 2.49. The Morgan fingerprint density at radius 2 is 2.10 bits per heavy atom. The number of rotatable bonds is 6. The van der Waals surface area contributed by atoms with Crippen LogP contribution >= 0.6 is 0 Å². The largest absolute Gasteiger partial charge is 0.481 e. The number of nitrogens with zero attached hydrogens (tertiary/aromatic N) is 1. The van der Waals surface area contributed by atoms with Gasteiger partial charge in [-0.1, -0.05) is 0 Å². The molecule has 1 atom stereocenters. The summed E-state index contributed by atoms with van der Waals surface area (Å²) in [4.78, 5) is 21.8. The van der Waals surface area contributed by atoms with Gasteiger partial charge in [-0.25, -0.2) is 9.52 Å². The van der Waals surface area contributed by atoms with Gasteiger partial charge >= 0.3 is 22.3 Å². The molecule has 0 aliphatic carbocycles. The van der Waals surface area contributed by atoms with Crippen LogP contribution in [0, 0.1) is 5.92 Å². The summed E-state index contributed by atoms with van der Waals surface area (Å²) in [6.07, 6.45) is -0.381. The summed E-state index contributed by atoms with van der Waals surface area (Å²) in [7, 11) is -3.91. The topological polar surface area (TPSA) is 113 Å². The predicted molar refractivity (Wildman–Crippen MR) is 70.2 cm³/mol. The van der Waals surface area contributed by atoms with Crippen molar-refractivity contribution in [1.82, 2.24) is 9.03 Å². The zero-order chi connectivity index (χ0) is 15.3. The van der Waals surface area contributed by atoms with Crippen molar-refractivity contribution in [1.29, 1.82) is 0 Å². The fourth-order valence-corrected chi connectivity index (χ4v) is 3.13. The number of carbonyl (C=O) groups is 2. The third-order valence-corrected chi connectivity index (χ3v) is 4.35. The van der Waals surface area contributed by atoms with Crippen molar-refractivity contribution in [3.63, 3.8) is 0 Å². The van der Waals surface area contributed by atoms with Crippen molar-refractivity contribution in [2.45, 2.75) is 39.2 Å². The lowest BCUT2D eigenvalue weighted by atomic mass is 10.0. The molecule has 1 amide bonds. The third-order valence-electron chi connectivity index (χ3n) is 2.91. The monoisotopic (exact) mass is 308 g/mol. The molecule has 0 aromatic carbocycles. The van der Waals surface area contributed by atoms with Crippen molar-refractivity contribution in [2.75, 3.05) is 13.1 Å². The van der Waals surface area contributed by atoms with Crippen LogP contribution in [0.2, 0.25) is 0 Å². The lowest BCUT2D eigenvalue weighted by Crippen LogP contribution is -2.43. The van der Waals surface area contributed by atoms with Crippen LogP contribution < -0.4 is 4.72 Å². The van der Waals surface area contributed by atoms with Crippen molar-refractivity contribution in [3.05, 3.63) is 0 Å². The highest BCUT2D eigenvalue weighted by Crippen LogP contribution is 2.22. The summed E-state index contributed by atoms with van der Waals surface area (Å²) < 4.78 is 31.5. The van der Waals surface area contributed by atoms with Crippen LogP contribution in [0.4, 0.5) is 4.79 Å². The molecule has 1 aliphatic rings. The minimum absolute atomic E-state index is 0.00351. The first-order chi connectivity index (χ1) is 9.20. The zero-order valence-corrected chi connectivity index (χ0v) is 12.4. The summed E-state index contributed by atoms with van der Waals surface area (Å²) in [5, 5.41) is 8.60. The van der Waals surface area contributed by atoms with E-state index in [1.54, 1.807) is 13.8 Å². The van der Waals surface area contributed by atoms with Gasteiger partial charge in [0, 0.05) is 19.5 Å². The van der Waals surface area contributed by atoms with Gasteiger partial charge in [-0.15, -0.1) is 0 Å². The van der Waals surface area contributed by atoms with E-state index in [4.69, 9.17) is 9.84 Å². The SMILES string of the molecule is CC(C)OC(=O)NS(=O)(=O)N1CCC(CCC(=O)O)C1. The van der Waals surface area contributed by atoms with E-state index in [-0.39, 0.29) is 25.4 Å². The molecule has 0 bridgehead atoms. The lowest BCUT2D eigenvalue weighted by Gasteiger charge is -2.17. The Kier molecular flexibility index (Phi) is 5.75. The summed E-state index contributed by atoms with van der Waals surface area (Å²) in [6.45, 7) is 3.72. The molecule has 0 aromatic rings. The molecule has 1 rings (SSSR count). The molecule has 1 saturated heterocycles. The van der Waals surface area contributed by atoms with Crippen molar-refractivity contribution in [3.8, 4) is 0 Å². The van der Waals surface area contributed by atoms with Crippen molar-refractivity contribution >= 4 is 22.3 Å². The number of carbonyl (C=O) groups excluding carboxylic acids is 1. The van der Waals surface area contributed by atoms with Gasteiger partial charge < -0.3 is 9.84 Å². The maximum absolute atomic E-state index is 11.9. The Hall–Kier alpha value is -1.35. The van der Waals surface area contributed by atoms with Gasteiger partial charge in [-0.05, 0) is 32.6 Å². The molecule has 1 aliphatic heterocycles. The van der Waals surface area contributed by atoms with Crippen LogP contribution in [0.1, 0.15) is 33.1 Å². The smallest absolute Gasteiger partial charge is 0.422 e. The molecule has 1 heterocycles. The number of ether oxygens (including phenoxy) is 1. The quantitative estimate of drug-likeness (QED) is 0.741. The van der Waals surface area contributed by atoms with E-state index in [0.29, 0.717) is 12.8 Å². The second-order valence-electron chi connectivity index (χ2n) is 5.01. The Bertz CT molecular complexity index is 462. The maximum Gasteiger partial charge on any atom is 0.422 e. The lowest BCUT2D eigenvalue weighted by molar-refractivity contribution is -0.137. The van der Waals surface area contributed by atoms with Crippen LogP contribution in [0.15, 0.2) is 0 Å². The van der Waals surface area contributed by atoms with Gasteiger partial charge in [-0.3, -0.25) is 4.79 Å². The first kappa shape index (κ1) is 16.7. The van der Waals surface area contributed by atoms with E-state index < -0.39 is 28.4 Å². The fraction of sp³-hybridized carbons (Fsp3) is 0.818. The number of hydrogen-bond acceptors (Lipinski definition) is 5. The van der Waals surface area contributed by atoms with E-state index in [1.807, 2.05) is 4.72 Å². The molecule has 8 nitrogen and oxygen atoms in total. The summed E-state index contributed by atoms with van der Waals surface area (Å²) in [6, 6.07) is 0. The summed E-state index contributed by atoms with van der Waals surface area (Å²) in [5.41, 5.74) is 0. The van der Waals surface area contributed by atoms with Crippen molar-refractivity contribution in [2.24, 2.45) is 5.92 Å². The Labute approximate surface area is 118 Å². The van der Waals surface area contributed by atoms with E-state index in [9.17, 15) is 18.0 Å². The minimum Gasteiger partial charge on any atom is -0.481 e. The van der Waals surface area contributed by atoms with Gasteiger partial charge in [0.2, 0.25) is 0 Å². The highest BCUT2D eigenvalue weighted by Gasteiger charge is 2.32. The molecule has 0 saturated carbocycles. The van der Waals surface area contributed by atoms with Gasteiger partial charge in [0.15, 0.2) is 0 Å². The van der Waals surface area contributed by atoms with Gasteiger partial charge in [0.25, 0.3) is 0 Å². The Morgan fingerprint density at radius 3 is 2.65 bits per heavy atom. The van der Waals surface area contributed by atoms with Crippen LogP contribution in [-0.2, 0) is 19.7 Å². The second kappa shape index (κ2) is 6.89. The number of hydrogen-bond donors (Lipinski definition) is 2. The summed E-state index contributed by atoms with van der Waals surface area (Å²) >= 11 is 0. The average molecular weight is 308 g/mol. The molecule has 0 spiro atoms. The number of carboxylic acids is 1. The molecule has 1 fully saturated rings. The molecule has 1 unspecified atom stereocenters.